The van der Waals surface area contributed by atoms with Crippen LogP contribution in [0.2, 0.25) is 10.0 Å². The second-order valence-corrected chi connectivity index (χ2v) is 12.1. The number of pyridine rings is 1. The van der Waals surface area contributed by atoms with E-state index < -0.39 is 0 Å². The molecule has 0 aliphatic carbocycles. The number of fused-ring (bicyclic) bond motifs is 1. The first kappa shape index (κ1) is 30.6. The summed E-state index contributed by atoms with van der Waals surface area (Å²) in [7, 11) is 5.60. The van der Waals surface area contributed by atoms with E-state index in [2.05, 4.69) is 27.6 Å². The van der Waals surface area contributed by atoms with Crippen molar-refractivity contribution in [3.63, 3.8) is 0 Å². The molecule has 4 aromatic rings. The molecule has 230 valence electrons. The third-order valence-electron chi connectivity index (χ3n) is 8.43. The molecule has 0 radical (unpaired) electrons. The summed E-state index contributed by atoms with van der Waals surface area (Å²) in [6.45, 7) is 3.87. The number of likely N-dealkylation sites (N-methyl/N-ethyl adjacent to an activating group) is 1. The number of carbonyl (C=O) groups is 1. The lowest BCUT2D eigenvalue weighted by molar-refractivity contribution is 0.0775. The van der Waals surface area contributed by atoms with Gasteiger partial charge in [-0.2, -0.15) is 0 Å². The maximum absolute atomic E-state index is 13.3. The lowest BCUT2D eigenvalue weighted by atomic mass is 10.00. The number of nitrogens with one attached hydrogen (secondary N) is 2. The lowest BCUT2D eigenvalue weighted by Gasteiger charge is -2.23. The molecule has 4 heterocycles. The zero-order valence-corrected chi connectivity index (χ0v) is 26.6. The van der Waals surface area contributed by atoms with E-state index >= 15 is 0 Å². The number of hydrogen-bond donors (Lipinski definition) is 2. The third kappa shape index (κ3) is 6.20. The Bertz CT molecular complexity index is 1680. The largest absolute Gasteiger partial charge is 0.496 e. The zero-order valence-electron chi connectivity index (χ0n) is 25.1. The van der Waals surface area contributed by atoms with Gasteiger partial charge in [-0.1, -0.05) is 53.5 Å². The summed E-state index contributed by atoms with van der Waals surface area (Å²) in [5, 5.41) is 7.45. The minimum Gasteiger partial charge on any atom is -0.496 e. The monoisotopic (exact) mass is 634 g/mol. The number of methoxy groups -OCH3 is 1. The number of benzene rings is 2. The van der Waals surface area contributed by atoms with Gasteiger partial charge in [-0.05, 0) is 26.0 Å². The number of rotatable bonds is 8. The zero-order chi connectivity index (χ0) is 30.8. The Morgan fingerprint density at radius 2 is 1.80 bits per heavy atom. The fourth-order valence-electron chi connectivity index (χ4n) is 5.91. The number of nitrogens with zero attached hydrogens (tertiary/aromatic N) is 4. The molecule has 2 aliphatic rings. The molecular weight excluding hydrogens is 599 g/mol. The molecule has 44 heavy (non-hydrogen) atoms. The van der Waals surface area contributed by atoms with E-state index in [1.807, 2.05) is 54.2 Å². The fraction of sp³-hybridized carbons (Fsp3) is 0.364. The van der Waals surface area contributed by atoms with Gasteiger partial charge in [0, 0.05) is 92.6 Å². The van der Waals surface area contributed by atoms with Crippen LogP contribution in [0.1, 0.15) is 40.4 Å². The maximum atomic E-state index is 13.3. The quantitative estimate of drug-likeness (QED) is 0.246. The number of aromatic nitrogens is 3. The van der Waals surface area contributed by atoms with Crippen molar-refractivity contribution in [1.29, 1.82) is 0 Å². The predicted molar refractivity (Wildman–Crippen MR) is 174 cm³/mol. The van der Waals surface area contributed by atoms with Crippen LogP contribution in [0.3, 0.4) is 0 Å². The van der Waals surface area contributed by atoms with Gasteiger partial charge in [-0.3, -0.25) is 9.78 Å². The first-order valence-electron chi connectivity index (χ1n) is 14.8. The summed E-state index contributed by atoms with van der Waals surface area (Å²) in [5.74, 6) is 0.783. The molecule has 0 atom stereocenters. The Kier molecular flexibility index (Phi) is 9.21. The van der Waals surface area contributed by atoms with Crippen LogP contribution in [-0.4, -0.2) is 65.3 Å². The van der Waals surface area contributed by atoms with Crippen LogP contribution in [0, 0.1) is 0 Å². The normalized spacial score (nSPS) is 15.7. The van der Waals surface area contributed by atoms with Gasteiger partial charge >= 0.3 is 0 Å². The number of imidazole rings is 1. The first-order valence-corrected chi connectivity index (χ1v) is 15.6. The molecule has 0 saturated carbocycles. The van der Waals surface area contributed by atoms with Crippen LogP contribution in [0.4, 0.5) is 5.69 Å². The molecule has 2 aromatic carbocycles. The number of anilines is 1. The van der Waals surface area contributed by atoms with Crippen molar-refractivity contribution in [2.45, 2.75) is 38.4 Å². The van der Waals surface area contributed by atoms with Crippen molar-refractivity contribution >= 4 is 34.8 Å². The topological polar surface area (TPSA) is 93.5 Å². The molecule has 2 aliphatic heterocycles. The van der Waals surface area contributed by atoms with Gasteiger partial charge in [0.25, 0.3) is 5.91 Å². The van der Waals surface area contributed by atoms with Crippen molar-refractivity contribution in [1.82, 2.24) is 24.8 Å². The van der Waals surface area contributed by atoms with E-state index in [4.69, 9.17) is 37.7 Å². The second-order valence-electron chi connectivity index (χ2n) is 11.3. The van der Waals surface area contributed by atoms with Gasteiger partial charge in [0.2, 0.25) is 0 Å². The van der Waals surface area contributed by atoms with Gasteiger partial charge < -0.3 is 29.6 Å². The van der Waals surface area contributed by atoms with Crippen LogP contribution < -0.4 is 15.4 Å². The van der Waals surface area contributed by atoms with Crippen molar-refractivity contribution in [3.8, 4) is 28.1 Å². The molecular formula is C33H36Cl2N6O3. The van der Waals surface area contributed by atoms with E-state index in [0.717, 1.165) is 79.4 Å². The summed E-state index contributed by atoms with van der Waals surface area (Å²) in [4.78, 5) is 24.9. The van der Waals surface area contributed by atoms with Crippen LogP contribution in [0.15, 0.2) is 48.7 Å². The molecule has 0 spiro atoms. The highest BCUT2D eigenvalue weighted by Crippen LogP contribution is 2.41. The number of carbonyl (C=O) groups excluding carboxylic acids is 1. The van der Waals surface area contributed by atoms with Gasteiger partial charge in [0.1, 0.15) is 5.75 Å². The Hall–Kier alpha value is -3.47. The molecule has 1 fully saturated rings. The lowest BCUT2D eigenvalue weighted by Crippen LogP contribution is -2.34. The third-order valence-corrected chi connectivity index (χ3v) is 9.24. The van der Waals surface area contributed by atoms with E-state index in [-0.39, 0.29) is 5.91 Å². The Labute approximate surface area is 267 Å². The molecule has 1 saturated heterocycles. The van der Waals surface area contributed by atoms with Gasteiger partial charge in [0.05, 0.1) is 34.2 Å². The van der Waals surface area contributed by atoms with Crippen LogP contribution in [0.25, 0.3) is 22.4 Å². The maximum Gasteiger partial charge on any atom is 0.291 e. The van der Waals surface area contributed by atoms with Crippen molar-refractivity contribution in [3.05, 3.63) is 81.5 Å². The van der Waals surface area contributed by atoms with E-state index in [1.165, 1.54) is 0 Å². The van der Waals surface area contributed by atoms with Gasteiger partial charge in [0.15, 0.2) is 5.82 Å². The molecule has 9 nitrogen and oxygen atoms in total. The van der Waals surface area contributed by atoms with E-state index in [9.17, 15) is 4.79 Å². The fourth-order valence-corrected chi connectivity index (χ4v) is 6.51. The molecule has 0 bridgehead atoms. The number of halogens is 2. The Morgan fingerprint density at radius 3 is 2.57 bits per heavy atom. The van der Waals surface area contributed by atoms with Crippen LogP contribution >= 0.6 is 23.2 Å². The minimum atomic E-state index is -0.314. The molecule has 2 aromatic heterocycles. The van der Waals surface area contributed by atoms with E-state index in [0.29, 0.717) is 45.4 Å². The molecule has 1 amide bonds. The molecule has 6 rings (SSSR count). The van der Waals surface area contributed by atoms with Crippen molar-refractivity contribution < 1.29 is 14.3 Å². The smallest absolute Gasteiger partial charge is 0.291 e. The average Bonchev–Trinajstić information content (AvgIpc) is 3.37. The number of amides is 1. The highest BCUT2D eigenvalue weighted by molar-refractivity contribution is 6.39. The van der Waals surface area contributed by atoms with Crippen molar-refractivity contribution in [2.75, 3.05) is 39.2 Å². The number of ether oxygens (including phenoxy) is 2. The van der Waals surface area contributed by atoms with Crippen LogP contribution in [-0.2, 0) is 31.3 Å². The minimum absolute atomic E-state index is 0.314. The predicted octanol–water partition coefficient (Wildman–Crippen LogP) is 5.97. The molecule has 11 heteroatoms. The Morgan fingerprint density at radius 1 is 1.07 bits per heavy atom. The first-order chi connectivity index (χ1) is 21.3. The highest BCUT2D eigenvalue weighted by Gasteiger charge is 2.25. The van der Waals surface area contributed by atoms with Gasteiger partial charge in [-0.25, -0.2) is 4.98 Å². The summed E-state index contributed by atoms with van der Waals surface area (Å²) in [6.07, 6.45) is 4.67. The summed E-state index contributed by atoms with van der Waals surface area (Å²) >= 11 is 13.9. The SMILES string of the molecule is COc1cc(-c2cccc(-c3cccc(NC(=O)c4nc5c(n4C)CCN(C)C5)c3Cl)c2Cl)ncc1CNC1CCOCC1. The van der Waals surface area contributed by atoms with Gasteiger partial charge in [-0.15, -0.1) is 0 Å². The summed E-state index contributed by atoms with van der Waals surface area (Å²) in [5.41, 5.74) is 6.34. The number of hydrogen-bond acceptors (Lipinski definition) is 7. The standard InChI is InChI=1S/C33H36Cl2N6O3/c1-40-13-10-28-27(19-40)38-32(41(28)2)33(42)39-25-9-5-7-23(31(25)35)22-6-4-8-24(30(22)34)26-16-29(43-3)20(18-37-26)17-36-21-11-14-44-15-12-21/h4-9,16,18,21,36H,10-15,17,19H2,1-3H3,(H,39,42). The molecule has 2 N–H and O–H groups in total. The highest BCUT2D eigenvalue weighted by atomic mass is 35.5. The Balaban J connectivity index is 1.24. The van der Waals surface area contributed by atoms with E-state index in [1.54, 1.807) is 13.2 Å². The second kappa shape index (κ2) is 13.3. The molecule has 0 unspecified atom stereocenters. The average molecular weight is 636 g/mol. The summed E-state index contributed by atoms with van der Waals surface area (Å²) in [6, 6.07) is 13.6. The summed E-state index contributed by atoms with van der Waals surface area (Å²) < 4.78 is 13.1. The van der Waals surface area contributed by atoms with Crippen LogP contribution in [0.5, 0.6) is 5.75 Å². The van der Waals surface area contributed by atoms with Crippen molar-refractivity contribution in [2.24, 2.45) is 7.05 Å².